The first-order valence-corrected chi connectivity index (χ1v) is 6.66. The smallest absolute Gasteiger partial charge is 0.169 e. The van der Waals surface area contributed by atoms with E-state index < -0.39 is 0 Å². The number of rotatable bonds is 6. The van der Waals surface area contributed by atoms with Crippen molar-refractivity contribution < 1.29 is 0 Å². The van der Waals surface area contributed by atoms with Crippen LogP contribution >= 0.6 is 0 Å². The fraction of sp³-hybridized carbons (Fsp3) is 0.846. The normalized spacial score (nSPS) is 12.0. The number of aromatic nitrogens is 3. The Balaban J connectivity index is 2.54. The molecule has 0 bridgehead atoms. The van der Waals surface area contributed by atoms with Crippen molar-refractivity contribution in [3.8, 4) is 0 Å². The predicted octanol–water partition coefficient (Wildman–Crippen LogP) is 3.13. The van der Waals surface area contributed by atoms with E-state index in [2.05, 4.69) is 38.0 Å². The monoisotopic (exact) mass is 238 g/mol. The lowest BCUT2D eigenvalue weighted by Crippen LogP contribution is -2.20. The molecule has 0 aliphatic carbocycles. The average Bonchev–Trinajstić information content (AvgIpc) is 2.59. The highest BCUT2D eigenvalue weighted by Gasteiger charge is 2.23. The molecule has 4 heteroatoms. The Labute approximate surface area is 105 Å². The molecule has 0 aliphatic rings. The molecule has 0 unspecified atom stereocenters. The maximum Gasteiger partial charge on any atom is 0.169 e. The number of aryl methyl sites for hydroxylation is 1. The average molecular weight is 238 g/mol. The van der Waals surface area contributed by atoms with Gasteiger partial charge < -0.3 is 5.73 Å². The van der Waals surface area contributed by atoms with Gasteiger partial charge in [0.05, 0.1) is 5.69 Å². The summed E-state index contributed by atoms with van der Waals surface area (Å²) in [5.41, 5.74) is 6.96. The van der Waals surface area contributed by atoms with E-state index in [1.54, 1.807) is 0 Å². The van der Waals surface area contributed by atoms with Crippen LogP contribution in [0.15, 0.2) is 0 Å². The zero-order chi connectivity index (χ0) is 12.9. The topological polar surface area (TPSA) is 56.7 Å². The highest BCUT2D eigenvalue weighted by atomic mass is 15.4. The molecular formula is C13H26N4. The van der Waals surface area contributed by atoms with E-state index in [9.17, 15) is 0 Å². The number of hydrogen-bond donors (Lipinski definition) is 1. The van der Waals surface area contributed by atoms with Crippen LogP contribution in [0.3, 0.4) is 0 Å². The van der Waals surface area contributed by atoms with Gasteiger partial charge in [-0.2, -0.15) is 0 Å². The molecule has 1 rings (SSSR count). The fourth-order valence-electron chi connectivity index (χ4n) is 2.12. The van der Waals surface area contributed by atoms with Crippen molar-refractivity contribution >= 4 is 5.82 Å². The second-order valence-corrected chi connectivity index (χ2v) is 5.71. The molecular weight excluding hydrogens is 212 g/mol. The maximum atomic E-state index is 5.88. The Morgan fingerprint density at radius 2 is 1.76 bits per heavy atom. The summed E-state index contributed by atoms with van der Waals surface area (Å²) in [6.07, 6.45) is 6.34. The molecule has 0 saturated heterocycles. The maximum absolute atomic E-state index is 5.88. The largest absolute Gasteiger partial charge is 0.381 e. The summed E-state index contributed by atoms with van der Waals surface area (Å²) in [6, 6.07) is 0. The van der Waals surface area contributed by atoms with Gasteiger partial charge in [-0.05, 0) is 6.42 Å². The highest BCUT2D eigenvalue weighted by Crippen LogP contribution is 2.26. The summed E-state index contributed by atoms with van der Waals surface area (Å²) in [5.74, 6) is 0.575. The van der Waals surface area contributed by atoms with Crippen molar-refractivity contribution in [2.45, 2.75) is 71.8 Å². The molecule has 0 fully saturated rings. The van der Waals surface area contributed by atoms with Gasteiger partial charge in [-0.1, -0.05) is 58.6 Å². The Morgan fingerprint density at radius 3 is 2.35 bits per heavy atom. The van der Waals surface area contributed by atoms with Crippen molar-refractivity contribution in [3.63, 3.8) is 0 Å². The first-order valence-electron chi connectivity index (χ1n) is 6.66. The van der Waals surface area contributed by atoms with Crippen LogP contribution in [0, 0.1) is 0 Å². The van der Waals surface area contributed by atoms with Gasteiger partial charge in [0.2, 0.25) is 0 Å². The van der Waals surface area contributed by atoms with Crippen LogP contribution in [0.5, 0.6) is 0 Å². The molecule has 0 amide bonds. The van der Waals surface area contributed by atoms with E-state index in [4.69, 9.17) is 5.73 Å². The number of nitrogens with two attached hydrogens (primary N) is 1. The van der Waals surface area contributed by atoms with Crippen molar-refractivity contribution in [3.05, 3.63) is 5.69 Å². The Morgan fingerprint density at radius 1 is 1.12 bits per heavy atom. The van der Waals surface area contributed by atoms with Gasteiger partial charge in [-0.3, -0.25) is 0 Å². The molecule has 1 heterocycles. The van der Waals surface area contributed by atoms with Crippen LogP contribution in [-0.2, 0) is 12.0 Å². The van der Waals surface area contributed by atoms with Gasteiger partial charge in [0.1, 0.15) is 0 Å². The number of hydrogen-bond acceptors (Lipinski definition) is 3. The van der Waals surface area contributed by atoms with Crippen LogP contribution < -0.4 is 5.73 Å². The van der Waals surface area contributed by atoms with Gasteiger partial charge >= 0.3 is 0 Å². The second-order valence-electron chi connectivity index (χ2n) is 5.71. The van der Waals surface area contributed by atoms with Crippen molar-refractivity contribution in [2.75, 3.05) is 5.73 Å². The number of anilines is 1. The van der Waals surface area contributed by atoms with Gasteiger partial charge in [0, 0.05) is 12.0 Å². The van der Waals surface area contributed by atoms with Crippen LogP contribution in [0.4, 0.5) is 5.82 Å². The third kappa shape index (κ3) is 4.02. The molecule has 2 N–H and O–H groups in total. The third-order valence-electron chi connectivity index (χ3n) is 2.95. The van der Waals surface area contributed by atoms with Crippen LogP contribution in [0.1, 0.15) is 65.5 Å². The Kier molecular flexibility index (Phi) is 4.97. The van der Waals surface area contributed by atoms with Crippen molar-refractivity contribution in [1.82, 2.24) is 15.0 Å². The van der Waals surface area contributed by atoms with E-state index >= 15 is 0 Å². The molecule has 17 heavy (non-hydrogen) atoms. The molecule has 0 saturated carbocycles. The Hall–Kier alpha value is -1.06. The summed E-state index contributed by atoms with van der Waals surface area (Å²) in [4.78, 5) is 0. The molecule has 1 aromatic heterocycles. The highest BCUT2D eigenvalue weighted by molar-refractivity contribution is 5.37. The lowest BCUT2D eigenvalue weighted by molar-refractivity contribution is 0.457. The van der Waals surface area contributed by atoms with Gasteiger partial charge in [0.15, 0.2) is 5.82 Å². The zero-order valence-corrected chi connectivity index (χ0v) is 11.7. The molecule has 98 valence electrons. The fourth-order valence-corrected chi connectivity index (χ4v) is 2.12. The predicted molar refractivity (Wildman–Crippen MR) is 71.9 cm³/mol. The molecule has 0 spiro atoms. The van der Waals surface area contributed by atoms with E-state index in [1.807, 2.05) is 4.68 Å². The van der Waals surface area contributed by atoms with Crippen LogP contribution in [-0.4, -0.2) is 15.0 Å². The number of nitrogen functional groups attached to an aromatic ring is 1. The molecule has 0 aromatic carbocycles. The van der Waals surface area contributed by atoms with Gasteiger partial charge in [-0.25, -0.2) is 4.68 Å². The standard InChI is InChI=1S/C13H26N4/c1-5-6-7-8-9-10-17-11(13(2,3)4)12(14)15-16-17/h5-10,14H2,1-4H3. The molecule has 1 aromatic rings. The summed E-state index contributed by atoms with van der Waals surface area (Å²) in [7, 11) is 0. The summed E-state index contributed by atoms with van der Waals surface area (Å²) < 4.78 is 1.97. The first kappa shape index (κ1) is 14.0. The van der Waals surface area contributed by atoms with Gasteiger partial charge in [-0.15, -0.1) is 5.10 Å². The quantitative estimate of drug-likeness (QED) is 0.775. The second kappa shape index (κ2) is 6.03. The van der Waals surface area contributed by atoms with E-state index in [0.29, 0.717) is 5.82 Å². The van der Waals surface area contributed by atoms with Crippen LogP contribution in [0.2, 0.25) is 0 Å². The van der Waals surface area contributed by atoms with Crippen LogP contribution in [0.25, 0.3) is 0 Å². The zero-order valence-electron chi connectivity index (χ0n) is 11.7. The van der Waals surface area contributed by atoms with Crippen molar-refractivity contribution in [1.29, 1.82) is 0 Å². The van der Waals surface area contributed by atoms with Gasteiger partial charge in [0.25, 0.3) is 0 Å². The first-order chi connectivity index (χ1) is 7.96. The molecule has 4 nitrogen and oxygen atoms in total. The minimum absolute atomic E-state index is 0.0109. The minimum atomic E-state index is 0.0109. The molecule has 0 aliphatic heterocycles. The van der Waals surface area contributed by atoms with E-state index in [-0.39, 0.29) is 5.41 Å². The summed E-state index contributed by atoms with van der Waals surface area (Å²) in [5, 5.41) is 8.13. The Bertz CT molecular complexity index is 336. The number of unbranched alkanes of at least 4 members (excludes halogenated alkanes) is 4. The molecule has 0 radical (unpaired) electrons. The lowest BCUT2D eigenvalue weighted by Gasteiger charge is -2.20. The van der Waals surface area contributed by atoms with Crippen molar-refractivity contribution in [2.24, 2.45) is 0 Å². The number of nitrogens with zero attached hydrogens (tertiary/aromatic N) is 3. The lowest BCUT2D eigenvalue weighted by atomic mass is 9.92. The SMILES string of the molecule is CCCCCCCn1nnc(N)c1C(C)(C)C. The molecule has 0 atom stereocenters. The summed E-state index contributed by atoms with van der Waals surface area (Å²) in [6.45, 7) is 9.61. The van der Waals surface area contributed by atoms with E-state index in [1.165, 1.54) is 25.7 Å². The minimum Gasteiger partial charge on any atom is -0.381 e. The third-order valence-corrected chi connectivity index (χ3v) is 2.95. The van der Waals surface area contributed by atoms with E-state index in [0.717, 1.165) is 18.7 Å². The summed E-state index contributed by atoms with van der Waals surface area (Å²) >= 11 is 0.